The van der Waals surface area contributed by atoms with Crippen molar-refractivity contribution < 1.29 is 13.3 Å². The van der Waals surface area contributed by atoms with Crippen LogP contribution < -0.4 is 0 Å². The van der Waals surface area contributed by atoms with Crippen molar-refractivity contribution in [2.75, 3.05) is 0 Å². The lowest BCUT2D eigenvalue weighted by atomic mass is 10.0. The van der Waals surface area contributed by atoms with Crippen LogP contribution in [-0.2, 0) is 0 Å². The number of hydrogen-bond acceptors (Lipinski definition) is 8. The van der Waals surface area contributed by atoms with E-state index in [-0.39, 0.29) is 0 Å². The number of aromatic nitrogens is 10. The molecule has 26 aromatic rings. The molecular weight excluding hydrogens is 1560 g/mol. The third kappa shape index (κ3) is 12.8. The molecule has 0 saturated heterocycles. The lowest BCUT2D eigenvalue weighted by Crippen LogP contribution is -2.01. The van der Waals surface area contributed by atoms with Gasteiger partial charge in [0.2, 0.25) is 0 Å². The lowest BCUT2D eigenvalue weighted by molar-refractivity contribution is 0.672. The predicted molar refractivity (Wildman–Crippen MR) is 517 cm³/mol. The predicted octanol–water partition coefficient (Wildman–Crippen LogP) is 29.4. The monoisotopic (exact) mass is 1630 g/mol. The van der Waals surface area contributed by atoms with E-state index < -0.39 is 0 Å². The molecule has 13 nitrogen and oxygen atoms in total. The Morgan fingerprint density at radius 3 is 1.09 bits per heavy atom. The first kappa shape index (κ1) is 73.6. The molecule has 0 unspecified atom stereocenters. The molecule has 0 N–H and O–H groups in total. The topological polar surface area (TPSA) is 129 Å². The molecule has 0 amide bonds. The molecule has 0 spiro atoms. The van der Waals surface area contributed by atoms with Gasteiger partial charge in [-0.3, -0.25) is 9.13 Å². The lowest BCUT2D eigenvalue weighted by Gasteiger charge is -2.14. The van der Waals surface area contributed by atoms with E-state index in [0.29, 0.717) is 17.5 Å². The Morgan fingerprint density at radius 2 is 0.543 bits per heavy atom. The van der Waals surface area contributed by atoms with Crippen molar-refractivity contribution >= 4 is 121 Å². The van der Waals surface area contributed by atoms with Crippen LogP contribution in [0.4, 0.5) is 0 Å². The second-order valence-corrected chi connectivity index (χ2v) is 31.9. The van der Waals surface area contributed by atoms with E-state index in [1.54, 1.807) is 0 Å². The maximum atomic E-state index is 6.66. The van der Waals surface area contributed by atoms with Crippen LogP contribution in [0.25, 0.3) is 228 Å². The average Bonchev–Trinajstić information content (AvgIpc) is 1.57. The van der Waals surface area contributed by atoms with E-state index in [2.05, 4.69) is 333 Å². The summed E-state index contributed by atoms with van der Waals surface area (Å²) in [4.78, 5) is 25.1. The van der Waals surface area contributed by atoms with Crippen LogP contribution in [0.3, 0.4) is 0 Å². The van der Waals surface area contributed by atoms with E-state index in [9.17, 15) is 0 Å². The number of imidazole rings is 2. The molecule has 0 aliphatic rings. The molecule has 0 saturated carbocycles. The van der Waals surface area contributed by atoms with Gasteiger partial charge in [0.1, 0.15) is 44.9 Å². The summed E-state index contributed by atoms with van der Waals surface area (Å²) in [5, 5.41) is 6.56. The highest BCUT2D eigenvalue weighted by atomic mass is 16.3. The van der Waals surface area contributed by atoms with Gasteiger partial charge in [-0.2, -0.15) is 0 Å². The minimum atomic E-state index is 0.600. The van der Waals surface area contributed by atoms with Gasteiger partial charge in [-0.15, -0.1) is 0 Å². The average molecular weight is 1630 g/mol. The summed E-state index contributed by atoms with van der Waals surface area (Å²) in [5.74, 6) is 3.74. The van der Waals surface area contributed by atoms with Gasteiger partial charge < -0.3 is 27.0 Å². The highest BCUT2D eigenvalue weighted by Crippen LogP contribution is 2.46. The molecule has 9 heterocycles. The van der Waals surface area contributed by atoms with Crippen LogP contribution in [0.5, 0.6) is 0 Å². The second kappa shape index (κ2) is 30.7. The van der Waals surface area contributed by atoms with Crippen LogP contribution in [-0.4, -0.2) is 47.8 Å². The Kier molecular flexibility index (Phi) is 17.8. The fourth-order valence-electron chi connectivity index (χ4n) is 18.5. The molecular formula is C114H74N10O3. The number of rotatable bonds is 12. The Labute approximate surface area is 728 Å². The molecule has 26 rings (SSSR count). The van der Waals surface area contributed by atoms with Crippen LogP contribution in [0.1, 0.15) is 5.82 Å². The molecule has 13 heteroatoms. The number of aryl methyl sites for hydroxylation is 1. The third-order valence-corrected chi connectivity index (χ3v) is 24.2. The molecule has 127 heavy (non-hydrogen) atoms. The van der Waals surface area contributed by atoms with Gasteiger partial charge in [0.05, 0.1) is 38.6 Å². The van der Waals surface area contributed by atoms with Crippen LogP contribution in [0, 0.1) is 6.92 Å². The zero-order valence-corrected chi connectivity index (χ0v) is 68.7. The van der Waals surface area contributed by atoms with Gasteiger partial charge in [0, 0.05) is 83.0 Å². The zero-order valence-electron chi connectivity index (χ0n) is 68.7. The summed E-state index contributed by atoms with van der Waals surface area (Å²) in [6.45, 7) is 2.06. The summed E-state index contributed by atoms with van der Waals surface area (Å²) in [6, 6.07) is 149. The summed E-state index contributed by atoms with van der Waals surface area (Å²) in [7, 11) is 0. The maximum Gasteiger partial charge on any atom is 0.164 e. The summed E-state index contributed by atoms with van der Waals surface area (Å²) in [5.41, 5.74) is 32.0. The fourth-order valence-corrected chi connectivity index (χ4v) is 18.5. The molecule has 0 aliphatic heterocycles. The molecule has 0 radical (unpaired) electrons. The molecule has 9 aromatic heterocycles. The molecule has 0 atom stereocenters. The largest absolute Gasteiger partial charge is 0.454 e. The van der Waals surface area contributed by atoms with Gasteiger partial charge in [-0.05, 0) is 204 Å². The SMILES string of the molecule is Cc1nc2ccc(-c3cccc(-n4c5ccccc5c5oc6ccccc6c54)c3)cc2n1-c1ccccc1.c1ccc(-c2cc(-c3nc(-c4ccccc4)nc(-c4ccccc4)n3)cc(-n3c4ccc(-c5ccccc5)cc4c4oc5ccccc5c43)c2)cc1.c1ccc(-n2c(-c3cccc(-n4c5ccccc5c5oc6ccccc6c54)c3)nc3ccccc32)cc1. The normalized spacial score (nSPS) is 11.7. The summed E-state index contributed by atoms with van der Waals surface area (Å²) in [6.07, 6.45) is 0. The Morgan fingerprint density at radius 1 is 0.189 bits per heavy atom. The first-order chi connectivity index (χ1) is 62.9. The molecule has 0 aliphatic carbocycles. The molecule has 0 fully saturated rings. The standard InChI is InChI=1S/C47H30N4O.C34H23N3O.C33H21N3O/c1-5-15-31(16-6-1)35-25-26-41-40(30-35)44-43(39-23-13-14-24-42(39)52-44)51(41)38-28-36(32-17-7-2-8-18-32)27-37(29-38)47-49-45(33-19-9-3-10-20-33)48-46(50-47)34-21-11-4-12-22-34;1-22-35-29-19-18-24(21-31(29)36(22)25-11-3-2-4-12-25)23-10-9-13-26(20-23)37-30-16-7-5-14-27(30)34-33(37)28-15-6-8-17-32(28)38-34;1-2-12-23(13-3-1)36-29-19-8-6-17-27(29)34-33(36)22-11-10-14-24(21-22)35-28-18-7-4-15-25(28)32-31(35)26-16-5-9-20-30(26)37-32/h1-30H;2-21H,1H3;1-21H. The fraction of sp³-hybridized carbons (Fsp3) is 0.00877. The highest BCUT2D eigenvalue weighted by Gasteiger charge is 2.26. The number of hydrogen-bond donors (Lipinski definition) is 0. The van der Waals surface area contributed by atoms with Gasteiger partial charge in [0.25, 0.3) is 0 Å². The van der Waals surface area contributed by atoms with Gasteiger partial charge in [-0.1, -0.05) is 267 Å². The smallest absolute Gasteiger partial charge is 0.164 e. The van der Waals surface area contributed by atoms with Crippen molar-refractivity contribution in [1.29, 1.82) is 0 Å². The van der Waals surface area contributed by atoms with Crippen molar-refractivity contribution in [3.05, 3.63) is 437 Å². The zero-order chi connectivity index (χ0) is 84.0. The minimum absolute atomic E-state index is 0.600. The Hall–Kier alpha value is -17.3. The Balaban J connectivity index is 0.000000108. The van der Waals surface area contributed by atoms with Crippen molar-refractivity contribution in [2.45, 2.75) is 6.92 Å². The molecule has 0 bridgehead atoms. The van der Waals surface area contributed by atoms with Gasteiger partial charge in [-0.25, -0.2) is 24.9 Å². The van der Waals surface area contributed by atoms with Crippen LogP contribution >= 0.6 is 0 Å². The molecule has 598 valence electrons. The Bertz CT molecular complexity index is 8650. The number of nitrogens with zero attached hydrogens (tertiary/aromatic N) is 10. The van der Waals surface area contributed by atoms with E-state index in [1.165, 1.54) is 0 Å². The van der Waals surface area contributed by atoms with E-state index in [0.717, 1.165) is 217 Å². The van der Waals surface area contributed by atoms with E-state index >= 15 is 0 Å². The highest BCUT2D eigenvalue weighted by molar-refractivity contribution is 6.19. The summed E-state index contributed by atoms with van der Waals surface area (Å²) >= 11 is 0. The number of para-hydroxylation sites is 9. The second-order valence-electron chi connectivity index (χ2n) is 31.9. The van der Waals surface area contributed by atoms with Gasteiger partial charge >= 0.3 is 0 Å². The first-order valence-electron chi connectivity index (χ1n) is 42.6. The van der Waals surface area contributed by atoms with Crippen LogP contribution in [0.2, 0.25) is 0 Å². The van der Waals surface area contributed by atoms with Crippen molar-refractivity contribution in [1.82, 2.24) is 47.8 Å². The maximum absolute atomic E-state index is 6.66. The van der Waals surface area contributed by atoms with E-state index in [1.807, 2.05) is 127 Å². The number of furan rings is 3. The van der Waals surface area contributed by atoms with Gasteiger partial charge in [0.15, 0.2) is 34.2 Å². The van der Waals surface area contributed by atoms with E-state index in [4.69, 9.17) is 38.2 Å². The van der Waals surface area contributed by atoms with Crippen molar-refractivity contribution in [3.8, 4) is 107 Å². The molecule has 17 aromatic carbocycles. The number of benzene rings is 17. The number of fused-ring (bicyclic) bond motifs is 17. The van der Waals surface area contributed by atoms with Crippen molar-refractivity contribution in [2.24, 2.45) is 0 Å². The summed E-state index contributed by atoms with van der Waals surface area (Å²) < 4.78 is 30.8. The van der Waals surface area contributed by atoms with Crippen molar-refractivity contribution in [3.63, 3.8) is 0 Å². The first-order valence-corrected chi connectivity index (χ1v) is 42.6. The third-order valence-electron chi connectivity index (χ3n) is 24.2. The minimum Gasteiger partial charge on any atom is -0.454 e. The van der Waals surface area contributed by atoms with Crippen LogP contribution in [0.15, 0.2) is 444 Å². The quantitative estimate of drug-likeness (QED) is 0.118.